The smallest absolute Gasteiger partial charge is 0.175 e. The van der Waals surface area contributed by atoms with Crippen LogP contribution in [0.25, 0.3) is 11.3 Å². The van der Waals surface area contributed by atoms with Crippen LogP contribution in [0.3, 0.4) is 0 Å². The fourth-order valence-electron chi connectivity index (χ4n) is 1.33. The molecule has 74 valence electrons. The lowest BCUT2D eigenvalue weighted by molar-refractivity contribution is 0.396. The van der Waals surface area contributed by atoms with Gasteiger partial charge in [-0.05, 0) is 19.9 Å². The minimum Gasteiger partial charge on any atom is -0.361 e. The van der Waals surface area contributed by atoms with Gasteiger partial charge >= 0.3 is 0 Å². The Morgan fingerprint density at radius 2 is 2.07 bits per heavy atom. The van der Waals surface area contributed by atoms with Crippen LogP contribution in [-0.4, -0.2) is 16.9 Å². The average molecular weight is 193 g/mol. The molecule has 0 atom stereocenters. The van der Waals surface area contributed by atoms with Crippen molar-refractivity contribution in [3.05, 3.63) is 23.7 Å². The number of aryl methyl sites for hydroxylation is 1. The van der Waals surface area contributed by atoms with Crippen LogP contribution in [0.1, 0.15) is 11.3 Å². The minimum absolute atomic E-state index is 0.568. The zero-order chi connectivity index (χ0) is 9.97. The Morgan fingerprint density at radius 1 is 1.29 bits per heavy atom. The van der Waals surface area contributed by atoms with Crippen molar-refractivity contribution in [2.24, 2.45) is 5.73 Å². The molecule has 2 N–H and O–H groups in total. The number of hydrogen-bond donors (Lipinski definition) is 1. The number of rotatable bonds is 3. The Kier molecular flexibility index (Phi) is 2.32. The van der Waals surface area contributed by atoms with E-state index in [1.807, 2.05) is 6.92 Å². The third-order valence-corrected chi connectivity index (χ3v) is 2.05. The molecule has 0 saturated heterocycles. The third kappa shape index (κ3) is 1.42. The van der Waals surface area contributed by atoms with Gasteiger partial charge in [-0.2, -0.15) is 0 Å². The number of hydrogen-bond acceptors (Lipinski definition) is 5. The molecule has 0 unspecified atom stereocenters. The highest BCUT2D eigenvalue weighted by atomic mass is 16.5. The summed E-state index contributed by atoms with van der Waals surface area (Å²) in [5.74, 6) is 1.43. The maximum absolute atomic E-state index is 5.47. The molecule has 0 aromatic carbocycles. The van der Waals surface area contributed by atoms with Crippen molar-refractivity contribution in [3.63, 3.8) is 0 Å². The van der Waals surface area contributed by atoms with Crippen LogP contribution in [0.2, 0.25) is 0 Å². The van der Waals surface area contributed by atoms with Gasteiger partial charge in [0.1, 0.15) is 5.76 Å². The lowest BCUT2D eigenvalue weighted by Gasteiger charge is -1.95. The van der Waals surface area contributed by atoms with Crippen molar-refractivity contribution >= 4 is 0 Å². The van der Waals surface area contributed by atoms with Gasteiger partial charge in [0.2, 0.25) is 0 Å². The van der Waals surface area contributed by atoms with Gasteiger partial charge in [-0.25, -0.2) is 0 Å². The standard InChI is InChI=1S/C9H11N3O2/c1-6-8(5-12-13-6)9-7(2-3-10)4-11-14-9/h4-5H,2-3,10H2,1H3. The van der Waals surface area contributed by atoms with Crippen molar-refractivity contribution in [1.82, 2.24) is 10.3 Å². The Hall–Kier alpha value is -1.62. The molecule has 0 bridgehead atoms. The first kappa shape index (κ1) is 8.96. The monoisotopic (exact) mass is 193 g/mol. The quantitative estimate of drug-likeness (QED) is 0.790. The molecule has 14 heavy (non-hydrogen) atoms. The van der Waals surface area contributed by atoms with E-state index < -0.39 is 0 Å². The molecule has 0 saturated carbocycles. The molecule has 0 radical (unpaired) electrons. The van der Waals surface area contributed by atoms with Crippen LogP contribution in [-0.2, 0) is 6.42 Å². The SMILES string of the molecule is Cc1oncc1-c1oncc1CCN. The van der Waals surface area contributed by atoms with Crippen molar-refractivity contribution in [2.75, 3.05) is 6.54 Å². The fourth-order valence-corrected chi connectivity index (χ4v) is 1.33. The van der Waals surface area contributed by atoms with E-state index in [0.29, 0.717) is 12.3 Å². The highest BCUT2D eigenvalue weighted by molar-refractivity contribution is 5.61. The van der Waals surface area contributed by atoms with Crippen LogP contribution < -0.4 is 5.73 Å². The van der Waals surface area contributed by atoms with Gasteiger partial charge in [0.05, 0.1) is 18.0 Å². The van der Waals surface area contributed by atoms with E-state index in [2.05, 4.69) is 10.3 Å². The van der Waals surface area contributed by atoms with E-state index in [0.717, 1.165) is 23.3 Å². The average Bonchev–Trinajstić information content (AvgIpc) is 2.74. The molecule has 0 aliphatic carbocycles. The molecule has 0 aliphatic heterocycles. The largest absolute Gasteiger partial charge is 0.361 e. The van der Waals surface area contributed by atoms with Gasteiger partial charge in [0, 0.05) is 5.56 Å². The van der Waals surface area contributed by atoms with Crippen LogP contribution in [0.5, 0.6) is 0 Å². The molecule has 2 heterocycles. The molecule has 5 heteroatoms. The summed E-state index contributed by atoms with van der Waals surface area (Å²) in [4.78, 5) is 0. The summed E-state index contributed by atoms with van der Waals surface area (Å²) in [5.41, 5.74) is 7.30. The first-order valence-electron chi connectivity index (χ1n) is 4.38. The maximum Gasteiger partial charge on any atom is 0.175 e. The van der Waals surface area contributed by atoms with Crippen molar-refractivity contribution in [3.8, 4) is 11.3 Å². The molecule has 0 amide bonds. The molecule has 0 aliphatic rings. The van der Waals surface area contributed by atoms with Crippen molar-refractivity contribution in [2.45, 2.75) is 13.3 Å². The van der Waals surface area contributed by atoms with Gasteiger partial charge < -0.3 is 14.8 Å². The van der Waals surface area contributed by atoms with Crippen LogP contribution in [0.15, 0.2) is 21.4 Å². The molecule has 0 spiro atoms. The van der Waals surface area contributed by atoms with Crippen LogP contribution in [0.4, 0.5) is 0 Å². The first-order valence-corrected chi connectivity index (χ1v) is 4.38. The Labute approximate surface area is 80.9 Å². The molecular formula is C9H11N3O2. The first-order chi connectivity index (χ1) is 6.83. The topological polar surface area (TPSA) is 78.1 Å². The third-order valence-electron chi connectivity index (χ3n) is 2.05. The van der Waals surface area contributed by atoms with Crippen LogP contribution >= 0.6 is 0 Å². The van der Waals surface area contributed by atoms with E-state index in [-0.39, 0.29) is 0 Å². The second-order valence-electron chi connectivity index (χ2n) is 3.01. The summed E-state index contributed by atoms with van der Waals surface area (Å²) in [6, 6.07) is 0. The number of nitrogens with zero attached hydrogens (tertiary/aromatic N) is 2. The fraction of sp³-hybridized carbons (Fsp3) is 0.333. The molecule has 5 nitrogen and oxygen atoms in total. The second kappa shape index (κ2) is 3.63. The summed E-state index contributed by atoms with van der Waals surface area (Å²) >= 11 is 0. The van der Waals surface area contributed by atoms with Gasteiger partial charge in [-0.15, -0.1) is 0 Å². The zero-order valence-electron chi connectivity index (χ0n) is 7.86. The highest BCUT2D eigenvalue weighted by Crippen LogP contribution is 2.26. The van der Waals surface area contributed by atoms with Crippen LogP contribution in [0, 0.1) is 6.92 Å². The molecule has 0 fully saturated rings. The second-order valence-corrected chi connectivity index (χ2v) is 3.01. The Morgan fingerprint density at radius 3 is 2.71 bits per heavy atom. The lowest BCUT2D eigenvalue weighted by atomic mass is 10.1. The lowest BCUT2D eigenvalue weighted by Crippen LogP contribution is -2.02. The summed E-state index contributed by atoms with van der Waals surface area (Å²) in [6.07, 6.45) is 4.04. The molecular weight excluding hydrogens is 182 g/mol. The van der Waals surface area contributed by atoms with E-state index in [9.17, 15) is 0 Å². The molecule has 2 aromatic heterocycles. The summed E-state index contributed by atoms with van der Waals surface area (Å²) in [6.45, 7) is 2.40. The molecule has 2 rings (SSSR count). The van der Waals surface area contributed by atoms with E-state index in [4.69, 9.17) is 14.8 Å². The van der Waals surface area contributed by atoms with E-state index in [1.54, 1.807) is 12.4 Å². The zero-order valence-corrected chi connectivity index (χ0v) is 7.86. The Bertz CT molecular complexity index is 419. The summed E-state index contributed by atoms with van der Waals surface area (Å²) in [7, 11) is 0. The Balaban J connectivity index is 2.41. The summed E-state index contributed by atoms with van der Waals surface area (Å²) < 4.78 is 10.1. The maximum atomic E-state index is 5.47. The van der Waals surface area contributed by atoms with E-state index in [1.165, 1.54) is 0 Å². The number of aromatic nitrogens is 2. The predicted molar refractivity (Wildman–Crippen MR) is 49.5 cm³/mol. The minimum atomic E-state index is 0.568. The van der Waals surface area contributed by atoms with Gasteiger partial charge in [-0.1, -0.05) is 10.3 Å². The van der Waals surface area contributed by atoms with E-state index >= 15 is 0 Å². The normalized spacial score (nSPS) is 10.7. The van der Waals surface area contributed by atoms with Gasteiger partial charge in [0.25, 0.3) is 0 Å². The molecule has 2 aromatic rings. The number of nitrogens with two attached hydrogens (primary N) is 1. The van der Waals surface area contributed by atoms with Gasteiger partial charge in [0.15, 0.2) is 5.76 Å². The van der Waals surface area contributed by atoms with Crippen molar-refractivity contribution in [1.29, 1.82) is 0 Å². The highest BCUT2D eigenvalue weighted by Gasteiger charge is 2.14. The van der Waals surface area contributed by atoms with Crippen molar-refractivity contribution < 1.29 is 9.05 Å². The summed E-state index contributed by atoms with van der Waals surface area (Å²) in [5, 5.41) is 7.42. The van der Waals surface area contributed by atoms with Gasteiger partial charge in [-0.3, -0.25) is 0 Å². The predicted octanol–water partition coefficient (Wildman–Crippen LogP) is 1.14.